The number of carbonyl (C=O) groups is 1. The molecule has 2 aromatic heterocycles. The second-order valence-electron chi connectivity index (χ2n) is 6.47. The number of ether oxygens (including phenoxy) is 1. The molecule has 8 heteroatoms. The number of aromatic amines is 1. The molecule has 0 fully saturated rings. The summed E-state index contributed by atoms with van der Waals surface area (Å²) in [5.41, 5.74) is 2.03. The van der Waals surface area contributed by atoms with E-state index in [0.29, 0.717) is 34.8 Å². The van der Waals surface area contributed by atoms with Crippen LogP contribution in [0.5, 0.6) is 0 Å². The van der Waals surface area contributed by atoms with Crippen molar-refractivity contribution >= 4 is 55.3 Å². The van der Waals surface area contributed by atoms with E-state index in [9.17, 15) is 9.59 Å². The van der Waals surface area contributed by atoms with Gasteiger partial charge in [0.1, 0.15) is 0 Å². The number of methoxy groups -OCH3 is 1. The normalized spacial score (nSPS) is 11.4. The summed E-state index contributed by atoms with van der Waals surface area (Å²) < 4.78 is 7.54. The molecule has 0 amide bonds. The summed E-state index contributed by atoms with van der Waals surface area (Å²) in [6, 6.07) is 13.1. The molecule has 0 atom stereocenters. The molecule has 0 saturated heterocycles. The average Bonchev–Trinajstić information content (AvgIpc) is 3.16. The minimum atomic E-state index is -0.143. The van der Waals surface area contributed by atoms with Crippen molar-refractivity contribution in [3.05, 3.63) is 69.1 Å². The van der Waals surface area contributed by atoms with Crippen molar-refractivity contribution in [2.75, 3.05) is 19.5 Å². The van der Waals surface area contributed by atoms with E-state index in [1.165, 1.54) is 11.8 Å². The van der Waals surface area contributed by atoms with Crippen molar-refractivity contribution in [2.45, 2.75) is 11.7 Å². The third kappa shape index (κ3) is 4.01. The zero-order valence-corrected chi connectivity index (χ0v) is 18.0. The van der Waals surface area contributed by atoms with Crippen molar-refractivity contribution in [2.24, 2.45) is 0 Å². The van der Waals surface area contributed by atoms with Crippen LogP contribution in [0.3, 0.4) is 0 Å². The number of hydrogen-bond donors (Lipinski definition) is 1. The Morgan fingerprint density at radius 2 is 2.07 bits per heavy atom. The van der Waals surface area contributed by atoms with Gasteiger partial charge < -0.3 is 9.72 Å². The van der Waals surface area contributed by atoms with Crippen molar-refractivity contribution in [3.63, 3.8) is 0 Å². The SMILES string of the molecule is COCCn1c(SCC(=O)c2c[nH]c3ccccc23)nc2ccc(Br)cc2c1=O. The third-order valence-corrected chi connectivity index (χ3v) is 6.09. The topological polar surface area (TPSA) is 77.0 Å². The van der Waals surface area contributed by atoms with E-state index in [1.807, 2.05) is 30.3 Å². The van der Waals surface area contributed by atoms with Gasteiger partial charge >= 0.3 is 0 Å². The van der Waals surface area contributed by atoms with Crippen LogP contribution in [0.2, 0.25) is 0 Å². The number of ketones is 1. The van der Waals surface area contributed by atoms with Crippen molar-refractivity contribution in [1.82, 2.24) is 14.5 Å². The molecular weight excluding hydrogens is 454 g/mol. The van der Waals surface area contributed by atoms with Crippen LogP contribution >= 0.6 is 27.7 Å². The smallest absolute Gasteiger partial charge is 0.262 e. The Hall–Kier alpha value is -2.42. The first-order valence-corrected chi connectivity index (χ1v) is 10.8. The van der Waals surface area contributed by atoms with Gasteiger partial charge in [0.2, 0.25) is 0 Å². The summed E-state index contributed by atoms with van der Waals surface area (Å²) >= 11 is 4.67. The molecule has 0 aliphatic carbocycles. The lowest BCUT2D eigenvalue weighted by Crippen LogP contribution is -2.25. The molecule has 1 N–H and O–H groups in total. The van der Waals surface area contributed by atoms with Gasteiger partial charge in [-0.1, -0.05) is 45.9 Å². The van der Waals surface area contributed by atoms with Crippen LogP contribution in [0.15, 0.2) is 63.1 Å². The van der Waals surface area contributed by atoms with Gasteiger partial charge in [0.25, 0.3) is 5.56 Å². The number of carbonyl (C=O) groups excluding carboxylic acids is 1. The molecule has 0 bridgehead atoms. The molecule has 0 spiro atoms. The molecule has 0 radical (unpaired) electrons. The second kappa shape index (κ2) is 8.52. The molecule has 0 saturated carbocycles. The first-order valence-electron chi connectivity index (χ1n) is 8.99. The molecule has 2 aromatic carbocycles. The van der Waals surface area contributed by atoms with Gasteiger partial charge in [-0.25, -0.2) is 4.98 Å². The van der Waals surface area contributed by atoms with E-state index in [2.05, 4.69) is 25.9 Å². The summed E-state index contributed by atoms with van der Waals surface area (Å²) in [6.45, 7) is 0.749. The monoisotopic (exact) mass is 471 g/mol. The Balaban J connectivity index is 1.66. The van der Waals surface area contributed by atoms with Gasteiger partial charge in [-0.15, -0.1) is 0 Å². The first kappa shape index (κ1) is 19.9. The average molecular weight is 472 g/mol. The molecule has 148 valence electrons. The molecule has 4 aromatic rings. The number of thioether (sulfide) groups is 1. The number of para-hydroxylation sites is 1. The highest BCUT2D eigenvalue weighted by Gasteiger charge is 2.16. The lowest BCUT2D eigenvalue weighted by Gasteiger charge is -2.12. The number of fused-ring (bicyclic) bond motifs is 2. The largest absolute Gasteiger partial charge is 0.383 e. The maximum atomic E-state index is 13.0. The fraction of sp³-hybridized carbons (Fsp3) is 0.190. The zero-order chi connectivity index (χ0) is 20.4. The van der Waals surface area contributed by atoms with E-state index in [-0.39, 0.29) is 17.1 Å². The van der Waals surface area contributed by atoms with E-state index < -0.39 is 0 Å². The Bertz CT molecular complexity index is 1270. The van der Waals surface area contributed by atoms with Gasteiger partial charge in [0.05, 0.1) is 29.8 Å². The van der Waals surface area contributed by atoms with Gasteiger partial charge in [-0.3, -0.25) is 14.2 Å². The number of nitrogens with one attached hydrogen (secondary N) is 1. The third-order valence-electron chi connectivity index (χ3n) is 4.62. The van der Waals surface area contributed by atoms with Gasteiger partial charge in [0.15, 0.2) is 10.9 Å². The number of hydrogen-bond acceptors (Lipinski definition) is 5. The van der Waals surface area contributed by atoms with Crippen LogP contribution < -0.4 is 5.56 Å². The van der Waals surface area contributed by atoms with Crippen LogP contribution in [0.1, 0.15) is 10.4 Å². The predicted octanol–water partition coefficient (Wildman–Crippen LogP) is 4.26. The number of nitrogens with zero attached hydrogens (tertiary/aromatic N) is 2. The molecule has 4 rings (SSSR count). The maximum absolute atomic E-state index is 13.0. The molecule has 0 aliphatic heterocycles. The van der Waals surface area contributed by atoms with Gasteiger partial charge in [-0.05, 0) is 24.3 Å². The molecule has 6 nitrogen and oxygen atoms in total. The van der Waals surface area contributed by atoms with Crippen LogP contribution in [0, 0.1) is 0 Å². The molecule has 0 aliphatic rings. The lowest BCUT2D eigenvalue weighted by atomic mass is 10.1. The van der Waals surface area contributed by atoms with Crippen molar-refractivity contribution in [3.8, 4) is 0 Å². The Morgan fingerprint density at radius 1 is 1.24 bits per heavy atom. The molecular formula is C21H18BrN3O3S. The molecule has 2 heterocycles. The van der Waals surface area contributed by atoms with E-state index >= 15 is 0 Å². The zero-order valence-electron chi connectivity index (χ0n) is 15.6. The van der Waals surface area contributed by atoms with E-state index in [4.69, 9.17) is 4.74 Å². The lowest BCUT2D eigenvalue weighted by molar-refractivity contribution is 0.102. The standard InChI is InChI=1S/C21H18BrN3O3S/c1-28-9-8-25-20(27)15-10-13(22)6-7-18(15)24-21(25)29-12-19(26)16-11-23-17-5-3-2-4-14(16)17/h2-7,10-11,23H,8-9,12H2,1H3. The number of H-pyrrole nitrogens is 1. The predicted molar refractivity (Wildman–Crippen MR) is 119 cm³/mol. The summed E-state index contributed by atoms with van der Waals surface area (Å²) in [7, 11) is 1.59. The number of Topliss-reactive ketones (excluding diaryl/α,β-unsaturated/α-hetero) is 1. The Labute approximate surface area is 179 Å². The Kier molecular flexibility index (Phi) is 5.84. The number of benzene rings is 2. The summed E-state index contributed by atoms with van der Waals surface area (Å²) in [6.07, 6.45) is 1.73. The van der Waals surface area contributed by atoms with Gasteiger partial charge in [-0.2, -0.15) is 0 Å². The highest BCUT2D eigenvalue weighted by Crippen LogP contribution is 2.24. The van der Waals surface area contributed by atoms with Crippen LogP contribution in [-0.4, -0.2) is 39.8 Å². The number of aromatic nitrogens is 3. The highest BCUT2D eigenvalue weighted by molar-refractivity contribution is 9.10. The first-order chi connectivity index (χ1) is 14.1. The second-order valence-corrected chi connectivity index (χ2v) is 8.32. The summed E-state index contributed by atoms with van der Waals surface area (Å²) in [4.78, 5) is 33.6. The van der Waals surface area contributed by atoms with Crippen LogP contribution in [0.4, 0.5) is 0 Å². The Morgan fingerprint density at radius 3 is 2.90 bits per heavy atom. The minimum Gasteiger partial charge on any atom is -0.383 e. The number of halogens is 1. The minimum absolute atomic E-state index is 0.0177. The summed E-state index contributed by atoms with van der Waals surface area (Å²) in [5, 5.41) is 1.93. The molecule has 29 heavy (non-hydrogen) atoms. The van der Waals surface area contributed by atoms with E-state index in [0.717, 1.165) is 15.4 Å². The fourth-order valence-electron chi connectivity index (χ4n) is 3.17. The summed E-state index contributed by atoms with van der Waals surface area (Å²) in [5.74, 6) is 0.166. The highest BCUT2D eigenvalue weighted by atomic mass is 79.9. The van der Waals surface area contributed by atoms with Crippen molar-refractivity contribution in [1.29, 1.82) is 0 Å². The quantitative estimate of drug-likeness (QED) is 0.247. The molecule has 0 unspecified atom stereocenters. The van der Waals surface area contributed by atoms with Crippen LogP contribution in [0.25, 0.3) is 21.8 Å². The van der Waals surface area contributed by atoms with Crippen LogP contribution in [-0.2, 0) is 11.3 Å². The number of rotatable bonds is 7. The van der Waals surface area contributed by atoms with Crippen molar-refractivity contribution < 1.29 is 9.53 Å². The van der Waals surface area contributed by atoms with E-state index in [1.54, 1.807) is 30.0 Å². The van der Waals surface area contributed by atoms with Gasteiger partial charge in [0, 0.05) is 34.2 Å². The fourth-order valence-corrected chi connectivity index (χ4v) is 4.44. The maximum Gasteiger partial charge on any atom is 0.262 e.